The van der Waals surface area contributed by atoms with Gasteiger partial charge in [0.15, 0.2) is 5.78 Å². The van der Waals surface area contributed by atoms with Crippen LogP contribution in [0.5, 0.6) is 5.75 Å². The highest BCUT2D eigenvalue weighted by Crippen LogP contribution is 2.48. The minimum Gasteiger partial charge on any atom is -0.496 e. The number of carbonyl (C=O) groups is 2. The number of allylic oxidation sites excluding steroid dienone is 3. The van der Waals surface area contributed by atoms with Gasteiger partial charge >= 0.3 is 0 Å². The molecule has 6 heteroatoms. The molecule has 0 fully saturated rings. The SMILES string of the molecule is COc1ccccc1C1C(C(=O)Nc2ccc(F)cc2)=C(C)NC2=C1C(=O)CC(C)(C)C2. The third-order valence-electron chi connectivity index (χ3n) is 6.04. The number of ether oxygens (including phenoxy) is 1. The summed E-state index contributed by atoms with van der Waals surface area (Å²) in [6, 6.07) is 13.1. The molecule has 1 atom stereocenters. The Hall–Kier alpha value is -3.41. The number of hydrogen-bond acceptors (Lipinski definition) is 4. The maximum Gasteiger partial charge on any atom is 0.254 e. The number of rotatable bonds is 4. The second-order valence-electron chi connectivity index (χ2n) is 9.13. The number of hydrogen-bond donors (Lipinski definition) is 2. The molecule has 0 spiro atoms. The van der Waals surface area contributed by atoms with Crippen molar-refractivity contribution in [1.82, 2.24) is 5.32 Å². The van der Waals surface area contributed by atoms with Crippen LogP contribution in [0.4, 0.5) is 10.1 Å². The number of ketones is 1. The Bertz CT molecular complexity index is 1150. The van der Waals surface area contributed by atoms with Gasteiger partial charge in [-0.1, -0.05) is 32.0 Å². The molecule has 1 heterocycles. The second kappa shape index (κ2) is 8.26. The molecule has 1 aliphatic carbocycles. The van der Waals surface area contributed by atoms with E-state index < -0.39 is 5.92 Å². The van der Waals surface area contributed by atoms with Crippen LogP contribution in [0.15, 0.2) is 71.1 Å². The fourth-order valence-corrected chi connectivity index (χ4v) is 4.68. The molecule has 1 amide bonds. The zero-order valence-electron chi connectivity index (χ0n) is 18.7. The molecule has 0 radical (unpaired) electrons. The van der Waals surface area contributed by atoms with Gasteiger partial charge in [-0.3, -0.25) is 9.59 Å². The largest absolute Gasteiger partial charge is 0.496 e. The van der Waals surface area contributed by atoms with Gasteiger partial charge < -0.3 is 15.4 Å². The first-order valence-corrected chi connectivity index (χ1v) is 10.6. The summed E-state index contributed by atoms with van der Waals surface area (Å²) in [4.78, 5) is 26.8. The summed E-state index contributed by atoms with van der Waals surface area (Å²) >= 11 is 0. The standard InChI is InChI=1S/C26H27FN2O3/c1-15-22(25(31)29-17-11-9-16(27)10-12-17)23(18-7-5-6-8-21(18)32-4)24-19(28-15)13-26(2,3)14-20(24)30/h5-12,23,28H,13-14H2,1-4H3,(H,29,31). The number of benzene rings is 2. The Morgan fingerprint density at radius 2 is 1.81 bits per heavy atom. The molecule has 2 N–H and O–H groups in total. The van der Waals surface area contributed by atoms with E-state index in [2.05, 4.69) is 24.5 Å². The third-order valence-corrected chi connectivity index (χ3v) is 6.04. The molecule has 0 aromatic heterocycles. The molecular formula is C26H27FN2O3. The number of anilines is 1. The number of amides is 1. The molecule has 1 unspecified atom stereocenters. The third kappa shape index (κ3) is 4.05. The van der Waals surface area contributed by atoms with Gasteiger partial charge in [0, 0.05) is 40.2 Å². The highest BCUT2D eigenvalue weighted by atomic mass is 19.1. The van der Waals surface area contributed by atoms with Gasteiger partial charge in [-0.05, 0) is 49.1 Å². The van der Waals surface area contributed by atoms with E-state index in [-0.39, 0.29) is 22.9 Å². The smallest absolute Gasteiger partial charge is 0.254 e. The fourth-order valence-electron chi connectivity index (χ4n) is 4.68. The van der Waals surface area contributed by atoms with Gasteiger partial charge in [0.2, 0.25) is 0 Å². The summed E-state index contributed by atoms with van der Waals surface area (Å²) in [6.07, 6.45) is 1.12. The lowest BCUT2D eigenvalue weighted by molar-refractivity contribution is -0.118. The zero-order valence-corrected chi connectivity index (χ0v) is 18.7. The van der Waals surface area contributed by atoms with Crippen LogP contribution in [0.1, 0.15) is 45.1 Å². The van der Waals surface area contributed by atoms with Crippen LogP contribution in [0.25, 0.3) is 0 Å². The van der Waals surface area contributed by atoms with Crippen molar-refractivity contribution >= 4 is 17.4 Å². The predicted octanol–water partition coefficient (Wildman–Crippen LogP) is 5.08. The van der Waals surface area contributed by atoms with E-state index in [1.165, 1.54) is 24.3 Å². The number of para-hydroxylation sites is 1. The Kier molecular flexibility index (Phi) is 5.63. The minimum absolute atomic E-state index is 0.0271. The maximum absolute atomic E-state index is 13.5. The van der Waals surface area contributed by atoms with Crippen LogP contribution >= 0.6 is 0 Å². The predicted molar refractivity (Wildman–Crippen MR) is 122 cm³/mol. The van der Waals surface area contributed by atoms with Crippen LogP contribution in [0.3, 0.4) is 0 Å². The lowest BCUT2D eigenvalue weighted by atomic mass is 9.68. The van der Waals surface area contributed by atoms with Crippen molar-refractivity contribution in [1.29, 1.82) is 0 Å². The number of methoxy groups -OCH3 is 1. The molecule has 2 aromatic rings. The quantitative estimate of drug-likeness (QED) is 0.705. The normalized spacial score (nSPS) is 19.9. The van der Waals surface area contributed by atoms with E-state index in [1.54, 1.807) is 7.11 Å². The van der Waals surface area contributed by atoms with E-state index >= 15 is 0 Å². The van der Waals surface area contributed by atoms with Crippen molar-refractivity contribution < 1.29 is 18.7 Å². The molecule has 32 heavy (non-hydrogen) atoms. The highest BCUT2D eigenvalue weighted by Gasteiger charge is 2.43. The summed E-state index contributed by atoms with van der Waals surface area (Å²) < 4.78 is 18.9. The first-order chi connectivity index (χ1) is 15.2. The van der Waals surface area contributed by atoms with Crippen LogP contribution in [-0.2, 0) is 9.59 Å². The van der Waals surface area contributed by atoms with Crippen molar-refractivity contribution in [3.05, 3.63) is 82.5 Å². The van der Waals surface area contributed by atoms with E-state index in [1.807, 2.05) is 31.2 Å². The van der Waals surface area contributed by atoms with E-state index in [0.717, 1.165) is 11.3 Å². The van der Waals surface area contributed by atoms with Crippen molar-refractivity contribution in [3.63, 3.8) is 0 Å². The van der Waals surface area contributed by atoms with Crippen molar-refractivity contribution in [2.45, 2.75) is 39.5 Å². The van der Waals surface area contributed by atoms with E-state index in [9.17, 15) is 14.0 Å². The monoisotopic (exact) mass is 434 g/mol. The molecule has 0 saturated carbocycles. The fraction of sp³-hybridized carbons (Fsp3) is 0.308. The Labute approximate surface area is 187 Å². The van der Waals surface area contributed by atoms with Gasteiger partial charge in [-0.25, -0.2) is 4.39 Å². The number of Topliss-reactive ketones (excluding diaryl/α,β-unsaturated/α-hetero) is 1. The molecular weight excluding hydrogens is 407 g/mol. The summed E-state index contributed by atoms with van der Waals surface area (Å²) in [7, 11) is 1.58. The van der Waals surface area contributed by atoms with E-state index in [0.29, 0.717) is 41.1 Å². The summed E-state index contributed by atoms with van der Waals surface area (Å²) in [5.74, 6) is -0.647. The Balaban J connectivity index is 1.83. The molecule has 2 aromatic carbocycles. The Morgan fingerprint density at radius 3 is 2.50 bits per heavy atom. The number of nitrogens with one attached hydrogen (secondary N) is 2. The zero-order chi connectivity index (χ0) is 23.0. The van der Waals surface area contributed by atoms with E-state index in [4.69, 9.17) is 4.74 Å². The first kappa shape index (κ1) is 21.8. The van der Waals surface area contributed by atoms with Gasteiger partial charge in [0.1, 0.15) is 11.6 Å². The van der Waals surface area contributed by atoms with Crippen molar-refractivity contribution in [2.75, 3.05) is 12.4 Å². The Morgan fingerprint density at radius 1 is 1.12 bits per heavy atom. The molecule has 1 aliphatic heterocycles. The molecule has 0 saturated heterocycles. The number of carbonyl (C=O) groups excluding carboxylic acids is 2. The lowest BCUT2D eigenvalue weighted by Crippen LogP contribution is -2.39. The minimum atomic E-state index is -0.563. The lowest BCUT2D eigenvalue weighted by Gasteiger charge is -2.40. The van der Waals surface area contributed by atoms with Crippen LogP contribution in [0.2, 0.25) is 0 Å². The van der Waals surface area contributed by atoms with Crippen LogP contribution in [-0.4, -0.2) is 18.8 Å². The topological polar surface area (TPSA) is 67.4 Å². The van der Waals surface area contributed by atoms with Crippen molar-refractivity contribution in [2.24, 2.45) is 5.41 Å². The van der Waals surface area contributed by atoms with Crippen molar-refractivity contribution in [3.8, 4) is 5.75 Å². The molecule has 166 valence electrons. The second-order valence-corrected chi connectivity index (χ2v) is 9.13. The highest BCUT2D eigenvalue weighted by molar-refractivity contribution is 6.10. The van der Waals surface area contributed by atoms with Crippen LogP contribution < -0.4 is 15.4 Å². The van der Waals surface area contributed by atoms with Gasteiger partial charge in [0.05, 0.1) is 13.0 Å². The van der Waals surface area contributed by atoms with Gasteiger partial charge in [-0.15, -0.1) is 0 Å². The molecule has 4 rings (SSSR count). The average Bonchev–Trinajstić information content (AvgIpc) is 2.73. The average molecular weight is 435 g/mol. The van der Waals surface area contributed by atoms with Gasteiger partial charge in [0.25, 0.3) is 5.91 Å². The van der Waals surface area contributed by atoms with Crippen LogP contribution in [0, 0.1) is 11.2 Å². The maximum atomic E-state index is 13.5. The summed E-state index contributed by atoms with van der Waals surface area (Å²) in [5, 5.41) is 6.20. The summed E-state index contributed by atoms with van der Waals surface area (Å²) in [6.45, 7) is 5.99. The van der Waals surface area contributed by atoms with Gasteiger partial charge in [-0.2, -0.15) is 0 Å². The molecule has 2 aliphatic rings. The molecule has 0 bridgehead atoms. The number of dihydropyridines is 1. The first-order valence-electron chi connectivity index (χ1n) is 10.6. The molecule has 5 nitrogen and oxygen atoms in total. The number of halogens is 1. The summed E-state index contributed by atoms with van der Waals surface area (Å²) in [5.41, 5.74) is 3.69.